The Bertz CT molecular complexity index is 2710. The fourth-order valence-electron chi connectivity index (χ4n) is 6.83. The summed E-state index contributed by atoms with van der Waals surface area (Å²) in [5.41, 5.74) is 8.69. The topological polar surface area (TPSA) is 94.3 Å². The van der Waals surface area contributed by atoms with Crippen molar-refractivity contribution in [1.82, 2.24) is 9.13 Å². The van der Waals surface area contributed by atoms with Crippen molar-refractivity contribution in [2.75, 3.05) is 0 Å². The first-order chi connectivity index (χ1) is 24.5. The number of fused-ring (bicyclic) bond motifs is 6. The monoisotopic (exact) mass is 634 g/mol. The van der Waals surface area contributed by atoms with Gasteiger partial charge in [-0.05, 0) is 113 Å². The number of hydrogen-bond acceptors (Lipinski definition) is 3. The minimum atomic E-state index is 0.368. The van der Waals surface area contributed by atoms with E-state index < -0.39 is 0 Å². The molecule has 0 bridgehead atoms. The first-order valence-corrected chi connectivity index (χ1v) is 15.3. The predicted octanol–water partition coefficient (Wildman–Crippen LogP) is 10.8. The lowest BCUT2D eigenvalue weighted by Gasteiger charge is -2.15. The van der Waals surface area contributed by atoms with Crippen molar-refractivity contribution in [2.24, 2.45) is 0 Å². The molecule has 0 amide bonds. The molecule has 0 saturated heterocycles. The molecule has 0 unspecified atom stereocenters. The SMILES string of the molecule is [C-]#[N+]c1ccc2c(c1)c1cc([N+]#[C-])ccc1n2-c1ccc(C#N)c(-c2cc(-n3c4ccc(C#N)cc4c4cc(C#N)ccc43)ccc2[N+]#[C-])c1. The fourth-order valence-corrected chi connectivity index (χ4v) is 6.83. The quantitative estimate of drug-likeness (QED) is 0.181. The van der Waals surface area contributed by atoms with Crippen LogP contribution in [-0.4, -0.2) is 9.13 Å². The third-order valence-corrected chi connectivity index (χ3v) is 9.04. The second-order valence-electron chi connectivity index (χ2n) is 11.6. The molecule has 0 N–H and O–H groups in total. The number of nitriles is 3. The molecule has 50 heavy (non-hydrogen) atoms. The molecule has 0 saturated carbocycles. The Morgan fingerprint density at radius 2 is 0.900 bits per heavy atom. The second-order valence-corrected chi connectivity index (χ2v) is 11.6. The molecular formula is C42H18N8. The Kier molecular flexibility index (Phi) is 6.60. The van der Waals surface area contributed by atoms with Gasteiger partial charge in [-0.3, -0.25) is 0 Å². The third-order valence-electron chi connectivity index (χ3n) is 9.04. The molecule has 8 rings (SSSR count). The van der Waals surface area contributed by atoms with Gasteiger partial charge in [-0.1, -0.05) is 18.2 Å². The maximum atomic E-state index is 10.3. The van der Waals surface area contributed by atoms with Gasteiger partial charge in [-0.25, -0.2) is 14.5 Å². The summed E-state index contributed by atoms with van der Waals surface area (Å²) in [5, 5.41) is 32.9. The number of hydrogen-bond donors (Lipinski definition) is 0. The Labute approximate surface area is 285 Å². The average molecular weight is 635 g/mol. The van der Waals surface area contributed by atoms with Crippen LogP contribution in [0.2, 0.25) is 0 Å². The highest BCUT2D eigenvalue weighted by atomic mass is 15.0. The van der Waals surface area contributed by atoms with Crippen LogP contribution < -0.4 is 0 Å². The van der Waals surface area contributed by atoms with Crippen LogP contribution in [-0.2, 0) is 0 Å². The van der Waals surface area contributed by atoms with Crippen LogP contribution in [0.1, 0.15) is 16.7 Å². The summed E-state index contributed by atoms with van der Waals surface area (Å²) in [6, 6.07) is 39.6. The zero-order chi connectivity index (χ0) is 34.5. The average Bonchev–Trinajstić information content (AvgIpc) is 3.68. The molecule has 0 spiro atoms. The van der Waals surface area contributed by atoms with Crippen LogP contribution >= 0.6 is 0 Å². The first-order valence-electron chi connectivity index (χ1n) is 15.3. The molecule has 2 heterocycles. The molecule has 0 aliphatic rings. The van der Waals surface area contributed by atoms with E-state index in [9.17, 15) is 15.8 Å². The summed E-state index contributed by atoms with van der Waals surface area (Å²) in [6.07, 6.45) is 0. The molecular weight excluding hydrogens is 617 g/mol. The minimum Gasteiger partial charge on any atom is -0.309 e. The highest BCUT2D eigenvalue weighted by Crippen LogP contribution is 2.41. The Hall–Kier alpha value is -8.14. The van der Waals surface area contributed by atoms with Crippen molar-refractivity contribution in [1.29, 1.82) is 15.8 Å². The Balaban J connectivity index is 1.40. The van der Waals surface area contributed by atoms with Gasteiger partial charge in [0, 0.05) is 22.1 Å². The lowest BCUT2D eigenvalue weighted by molar-refractivity contribution is 1.17. The number of rotatable bonds is 3. The van der Waals surface area contributed by atoms with E-state index in [1.54, 1.807) is 36.4 Å². The van der Waals surface area contributed by atoms with Crippen molar-refractivity contribution in [3.63, 3.8) is 0 Å². The van der Waals surface area contributed by atoms with E-state index in [-0.39, 0.29) is 0 Å². The molecule has 8 nitrogen and oxygen atoms in total. The zero-order valence-electron chi connectivity index (χ0n) is 26.0. The van der Waals surface area contributed by atoms with E-state index in [0.29, 0.717) is 44.9 Å². The van der Waals surface area contributed by atoms with E-state index in [2.05, 4.69) is 32.7 Å². The summed E-state index contributed by atoms with van der Waals surface area (Å²) in [7, 11) is 0. The van der Waals surface area contributed by atoms with Crippen molar-refractivity contribution >= 4 is 60.7 Å². The van der Waals surface area contributed by atoms with Gasteiger partial charge in [-0.2, -0.15) is 15.8 Å². The van der Waals surface area contributed by atoms with Crippen LogP contribution in [0, 0.1) is 53.7 Å². The minimum absolute atomic E-state index is 0.368. The van der Waals surface area contributed by atoms with Gasteiger partial charge < -0.3 is 9.13 Å². The van der Waals surface area contributed by atoms with Gasteiger partial charge in [0.25, 0.3) is 0 Å². The van der Waals surface area contributed by atoms with E-state index in [1.807, 2.05) is 81.9 Å². The number of aromatic nitrogens is 2. The normalized spacial score (nSPS) is 10.7. The lowest BCUT2D eigenvalue weighted by Crippen LogP contribution is -1.98. The van der Waals surface area contributed by atoms with Crippen LogP contribution in [0.5, 0.6) is 0 Å². The molecule has 6 aromatic carbocycles. The van der Waals surface area contributed by atoms with E-state index in [0.717, 1.165) is 55.0 Å². The highest BCUT2D eigenvalue weighted by Gasteiger charge is 2.19. The molecule has 0 radical (unpaired) electrons. The predicted molar refractivity (Wildman–Crippen MR) is 193 cm³/mol. The fraction of sp³-hybridized carbons (Fsp3) is 0. The molecule has 0 aliphatic carbocycles. The summed E-state index contributed by atoms with van der Waals surface area (Å²) >= 11 is 0. The molecule has 0 fully saturated rings. The smallest absolute Gasteiger partial charge is 0.195 e. The molecule has 2 aromatic heterocycles. The van der Waals surface area contributed by atoms with Gasteiger partial charge in [0.1, 0.15) is 0 Å². The number of benzene rings is 6. The Morgan fingerprint density at radius 3 is 1.36 bits per heavy atom. The van der Waals surface area contributed by atoms with E-state index >= 15 is 0 Å². The molecule has 226 valence electrons. The lowest BCUT2D eigenvalue weighted by atomic mass is 9.97. The van der Waals surface area contributed by atoms with Crippen molar-refractivity contribution in [3.05, 3.63) is 160 Å². The van der Waals surface area contributed by atoms with Crippen molar-refractivity contribution in [2.45, 2.75) is 0 Å². The Morgan fingerprint density at radius 1 is 0.440 bits per heavy atom. The summed E-state index contributed by atoms with van der Waals surface area (Å²) < 4.78 is 4.08. The molecule has 0 aliphatic heterocycles. The van der Waals surface area contributed by atoms with Crippen LogP contribution in [0.15, 0.2) is 109 Å². The summed E-state index contributed by atoms with van der Waals surface area (Å²) in [5.74, 6) is 0. The van der Waals surface area contributed by atoms with Gasteiger partial charge in [-0.15, -0.1) is 0 Å². The van der Waals surface area contributed by atoms with Crippen LogP contribution in [0.3, 0.4) is 0 Å². The second kappa shape index (κ2) is 11.3. The van der Waals surface area contributed by atoms with E-state index in [4.69, 9.17) is 19.7 Å². The van der Waals surface area contributed by atoms with Gasteiger partial charge in [0.05, 0.1) is 76.7 Å². The maximum absolute atomic E-state index is 10.3. The van der Waals surface area contributed by atoms with Crippen LogP contribution in [0.4, 0.5) is 17.1 Å². The summed E-state index contributed by atoms with van der Waals surface area (Å²) in [4.78, 5) is 11.1. The maximum Gasteiger partial charge on any atom is 0.195 e. The van der Waals surface area contributed by atoms with Crippen LogP contribution in [0.25, 0.3) is 80.6 Å². The van der Waals surface area contributed by atoms with Gasteiger partial charge >= 0.3 is 0 Å². The van der Waals surface area contributed by atoms with Crippen molar-refractivity contribution in [3.8, 4) is 40.7 Å². The zero-order valence-corrected chi connectivity index (χ0v) is 26.0. The van der Waals surface area contributed by atoms with E-state index in [1.165, 1.54) is 0 Å². The molecule has 8 heteroatoms. The highest BCUT2D eigenvalue weighted by molar-refractivity contribution is 6.12. The number of nitrogens with zero attached hydrogens (tertiary/aromatic N) is 8. The van der Waals surface area contributed by atoms with Crippen molar-refractivity contribution < 1.29 is 0 Å². The standard InChI is InChI=1S/C42H18N8/c1-46-28-7-14-41-36(18-28)37-19-29(47-2)8-15-42(37)49(41)30-9-6-27(24-45)32(20-30)33-21-31(10-11-38(33)48-3)50-39-12-4-25(22-43)16-34(39)35-17-26(23-44)5-13-40(35)50/h4-21H. The van der Waals surface area contributed by atoms with Gasteiger partial charge in [0.2, 0.25) is 0 Å². The first kappa shape index (κ1) is 29.3. The third kappa shape index (κ3) is 4.33. The summed E-state index contributed by atoms with van der Waals surface area (Å²) in [6.45, 7) is 23.2. The molecule has 0 atom stereocenters. The van der Waals surface area contributed by atoms with Gasteiger partial charge in [0.15, 0.2) is 17.1 Å². The molecule has 8 aromatic rings. The largest absolute Gasteiger partial charge is 0.309 e.